The van der Waals surface area contributed by atoms with Crippen LogP contribution in [0.15, 0.2) is 83.5 Å². The van der Waals surface area contributed by atoms with Crippen LogP contribution in [0.3, 0.4) is 0 Å². The molecule has 1 N–H and O–H groups in total. The molecular formula is C31H36N4O6. The van der Waals surface area contributed by atoms with Gasteiger partial charge in [0, 0.05) is 36.0 Å². The molecular weight excluding hydrogens is 524 g/mol. The highest BCUT2D eigenvalue weighted by atomic mass is 16.6. The molecule has 0 unspecified atom stereocenters. The molecule has 41 heavy (non-hydrogen) atoms. The average Bonchev–Trinajstić information content (AvgIpc) is 2.93. The number of ether oxygens (including phenoxy) is 4. The van der Waals surface area contributed by atoms with Crippen molar-refractivity contribution in [2.75, 3.05) is 20.8 Å². The van der Waals surface area contributed by atoms with Gasteiger partial charge in [-0.15, -0.1) is 0 Å². The fourth-order valence-electron chi connectivity index (χ4n) is 3.75. The van der Waals surface area contributed by atoms with E-state index in [2.05, 4.69) is 22.0 Å². The number of fused-ring (bicyclic) bond motifs is 1. The van der Waals surface area contributed by atoms with Gasteiger partial charge in [-0.05, 0) is 58.2 Å². The fourth-order valence-corrected chi connectivity index (χ4v) is 3.75. The highest BCUT2D eigenvalue weighted by molar-refractivity contribution is 5.88. The van der Waals surface area contributed by atoms with E-state index in [1.165, 1.54) is 4.90 Å². The van der Waals surface area contributed by atoms with Crippen molar-refractivity contribution < 1.29 is 28.5 Å². The maximum absolute atomic E-state index is 12.9. The van der Waals surface area contributed by atoms with Crippen molar-refractivity contribution in [3.63, 3.8) is 0 Å². The van der Waals surface area contributed by atoms with Gasteiger partial charge in [-0.1, -0.05) is 30.3 Å². The Morgan fingerprint density at radius 3 is 2.34 bits per heavy atom. The summed E-state index contributed by atoms with van der Waals surface area (Å²) in [6.45, 7) is 10.7. The molecule has 0 saturated heterocycles. The number of hydrogen-bond acceptors (Lipinski definition) is 8. The lowest BCUT2D eigenvalue weighted by Crippen LogP contribution is -2.42. The molecule has 3 rings (SSSR count). The summed E-state index contributed by atoms with van der Waals surface area (Å²) >= 11 is 0. The van der Waals surface area contributed by atoms with Crippen LogP contribution in [0.2, 0.25) is 0 Å². The zero-order chi connectivity index (χ0) is 30.0. The van der Waals surface area contributed by atoms with Gasteiger partial charge in [0.15, 0.2) is 11.5 Å². The first kappa shape index (κ1) is 30.7. The first-order chi connectivity index (χ1) is 19.5. The zero-order valence-corrected chi connectivity index (χ0v) is 24.3. The van der Waals surface area contributed by atoms with Crippen LogP contribution in [0.4, 0.5) is 4.79 Å². The van der Waals surface area contributed by atoms with Gasteiger partial charge in [0.05, 0.1) is 19.7 Å². The molecule has 0 fully saturated rings. The summed E-state index contributed by atoms with van der Waals surface area (Å²) in [6.07, 6.45) is 4.23. The first-order valence-electron chi connectivity index (χ1n) is 12.9. The monoisotopic (exact) mass is 560 g/mol. The van der Waals surface area contributed by atoms with Gasteiger partial charge in [-0.2, -0.15) is 0 Å². The van der Waals surface area contributed by atoms with Crippen molar-refractivity contribution in [3.8, 4) is 17.2 Å². The van der Waals surface area contributed by atoms with Crippen LogP contribution in [0, 0.1) is 0 Å². The zero-order valence-electron chi connectivity index (χ0n) is 24.3. The van der Waals surface area contributed by atoms with E-state index in [1.807, 2.05) is 30.3 Å². The maximum Gasteiger partial charge on any atom is 0.411 e. The Morgan fingerprint density at radius 1 is 1.02 bits per heavy atom. The van der Waals surface area contributed by atoms with Crippen LogP contribution >= 0.6 is 0 Å². The third-order valence-corrected chi connectivity index (χ3v) is 5.59. The Bertz CT molecular complexity index is 1440. The minimum absolute atomic E-state index is 0.195. The first-order valence-corrected chi connectivity index (χ1v) is 12.9. The quantitative estimate of drug-likeness (QED) is 0.184. The largest absolute Gasteiger partial charge is 0.493 e. The summed E-state index contributed by atoms with van der Waals surface area (Å²) in [6, 6.07) is 14.6. The Kier molecular flexibility index (Phi) is 10.5. The third-order valence-electron chi connectivity index (χ3n) is 5.59. The number of benzene rings is 2. The Labute approximate surface area is 240 Å². The van der Waals surface area contributed by atoms with E-state index in [-0.39, 0.29) is 24.9 Å². The van der Waals surface area contributed by atoms with Crippen LogP contribution in [-0.2, 0) is 16.1 Å². The Morgan fingerprint density at radius 2 is 1.71 bits per heavy atom. The summed E-state index contributed by atoms with van der Waals surface area (Å²) < 4.78 is 22.3. The van der Waals surface area contributed by atoms with Crippen molar-refractivity contribution in [2.45, 2.75) is 39.8 Å². The number of nitrogens with one attached hydrogen (secondary N) is 1. The third kappa shape index (κ3) is 9.10. The van der Waals surface area contributed by atoms with Crippen LogP contribution in [0.5, 0.6) is 17.2 Å². The molecule has 0 radical (unpaired) electrons. The lowest BCUT2D eigenvalue weighted by atomic mass is 10.2. The molecule has 0 aliphatic carbocycles. The molecule has 0 atom stereocenters. The van der Waals surface area contributed by atoms with E-state index in [0.717, 1.165) is 5.56 Å². The number of carbonyl (C=O) groups is 2. The predicted octanol–water partition coefficient (Wildman–Crippen LogP) is 5.63. The normalized spacial score (nSPS) is 12.0. The van der Waals surface area contributed by atoms with Crippen LogP contribution in [0.25, 0.3) is 10.9 Å². The molecule has 0 spiro atoms. The number of aliphatic imine (C=N–C) groups is 1. The van der Waals surface area contributed by atoms with E-state index in [4.69, 9.17) is 18.9 Å². The van der Waals surface area contributed by atoms with Crippen molar-refractivity contribution in [1.29, 1.82) is 0 Å². The SMILES string of the molecule is C=N/C(=C\C=C(/C)NC(=O)CN(Cc1ccccc1)C(=O)OC(C)(C)C)Oc1ccnc2cc(OC)c(OC)cc12. The number of amides is 2. The van der Waals surface area contributed by atoms with E-state index in [0.29, 0.717) is 33.8 Å². The topological polar surface area (TPSA) is 112 Å². The van der Waals surface area contributed by atoms with Gasteiger partial charge >= 0.3 is 6.09 Å². The number of aromatic nitrogens is 1. The molecule has 3 aromatic rings. The lowest BCUT2D eigenvalue weighted by Gasteiger charge is -2.27. The molecule has 0 bridgehead atoms. The number of nitrogens with zero attached hydrogens (tertiary/aromatic N) is 3. The molecule has 0 aliphatic rings. The van der Waals surface area contributed by atoms with Crippen LogP contribution < -0.4 is 19.5 Å². The van der Waals surface area contributed by atoms with Gasteiger partial charge in [-0.3, -0.25) is 14.7 Å². The lowest BCUT2D eigenvalue weighted by molar-refractivity contribution is -0.121. The summed E-state index contributed by atoms with van der Waals surface area (Å²) in [4.78, 5) is 35.4. The Balaban J connectivity index is 1.73. The van der Waals surface area contributed by atoms with E-state index in [9.17, 15) is 9.59 Å². The fraction of sp³-hybridized carbons (Fsp3) is 0.290. The smallest absolute Gasteiger partial charge is 0.411 e. The van der Waals surface area contributed by atoms with Crippen molar-refractivity contribution >= 4 is 29.6 Å². The van der Waals surface area contributed by atoms with E-state index < -0.39 is 11.7 Å². The number of carbonyl (C=O) groups excluding carboxylic acids is 2. The molecule has 216 valence electrons. The van der Waals surface area contributed by atoms with Gasteiger partial charge < -0.3 is 24.3 Å². The van der Waals surface area contributed by atoms with E-state index >= 15 is 0 Å². The summed E-state index contributed by atoms with van der Waals surface area (Å²) in [5, 5.41) is 3.47. The highest BCUT2D eigenvalue weighted by Crippen LogP contribution is 2.35. The molecule has 1 aromatic heterocycles. The summed E-state index contributed by atoms with van der Waals surface area (Å²) in [7, 11) is 3.10. The molecule has 10 nitrogen and oxygen atoms in total. The molecule has 0 aliphatic heterocycles. The minimum Gasteiger partial charge on any atom is -0.493 e. The number of methoxy groups -OCH3 is 2. The van der Waals surface area contributed by atoms with Crippen molar-refractivity contribution in [3.05, 3.63) is 84.0 Å². The summed E-state index contributed by atoms with van der Waals surface area (Å²) in [5.41, 5.74) is 1.33. The second-order valence-corrected chi connectivity index (χ2v) is 10.0. The number of hydrogen-bond donors (Lipinski definition) is 1. The van der Waals surface area contributed by atoms with Gasteiger partial charge in [-0.25, -0.2) is 9.79 Å². The number of rotatable bonds is 11. The molecule has 10 heteroatoms. The highest BCUT2D eigenvalue weighted by Gasteiger charge is 2.24. The van der Waals surface area contributed by atoms with Crippen molar-refractivity contribution in [2.24, 2.45) is 4.99 Å². The number of allylic oxidation sites excluding steroid dienone is 3. The standard InChI is InChI=1S/C31H36N4O6/c1-21(34-28(36)20-35(30(37)41-31(2,3)4)19-22-11-9-8-10-12-22)13-14-29(32-5)40-25-15-16-33-24-18-27(39-7)26(38-6)17-23(24)25/h8-18H,5,19-20H2,1-4,6-7H3,(H,34,36)/b21-13+,29-14+. The summed E-state index contributed by atoms with van der Waals surface area (Å²) in [5.74, 6) is 1.37. The minimum atomic E-state index is -0.700. The van der Waals surface area contributed by atoms with Crippen LogP contribution in [0.1, 0.15) is 33.3 Å². The van der Waals surface area contributed by atoms with Crippen LogP contribution in [-0.4, -0.2) is 55.0 Å². The molecule has 1 heterocycles. The predicted molar refractivity (Wildman–Crippen MR) is 158 cm³/mol. The molecule has 2 aromatic carbocycles. The van der Waals surface area contributed by atoms with Gasteiger partial charge in [0.25, 0.3) is 0 Å². The molecule has 2 amide bonds. The average molecular weight is 561 g/mol. The van der Waals surface area contributed by atoms with Crippen molar-refractivity contribution in [1.82, 2.24) is 15.2 Å². The Hall–Kier alpha value is -4.86. The number of pyridine rings is 1. The second kappa shape index (κ2) is 14.0. The second-order valence-electron chi connectivity index (χ2n) is 10.0. The maximum atomic E-state index is 12.9. The van der Waals surface area contributed by atoms with E-state index in [1.54, 1.807) is 78.5 Å². The van der Waals surface area contributed by atoms with Gasteiger partial charge in [0.1, 0.15) is 17.9 Å². The van der Waals surface area contributed by atoms with Gasteiger partial charge in [0.2, 0.25) is 11.8 Å². The molecule has 0 saturated carbocycles.